The quantitative estimate of drug-likeness (QED) is 0.785. The van der Waals surface area contributed by atoms with Crippen molar-refractivity contribution in [2.24, 2.45) is 5.14 Å². The minimum Gasteiger partial charge on any atom is -0.381 e. The Labute approximate surface area is 112 Å². The van der Waals surface area contributed by atoms with E-state index in [9.17, 15) is 8.42 Å². The fraction of sp³-hybridized carbons (Fsp3) is 0.250. The molecule has 2 rings (SSSR count). The Bertz CT molecular complexity index is 692. The molecule has 0 atom stereocenters. The number of anilines is 1. The summed E-state index contributed by atoms with van der Waals surface area (Å²) in [5.74, 6) is 0. The molecule has 0 radical (unpaired) electrons. The molecule has 1 heterocycles. The van der Waals surface area contributed by atoms with Crippen LogP contribution in [0.15, 0.2) is 29.3 Å². The fourth-order valence-electron chi connectivity index (χ4n) is 1.86. The standard InChI is InChI=1S/C12H16N4O2S/c1-8-11(4-3-5-12(8)19(13,17)18)14-6-10-7-15-16-9(10)2/h3-5,7,14H,6H2,1-2H3,(H,15,16)(H2,13,17,18). The zero-order chi connectivity index (χ0) is 14.0. The zero-order valence-corrected chi connectivity index (χ0v) is 11.6. The molecular formula is C12H16N4O2S. The Morgan fingerprint density at radius 1 is 1.37 bits per heavy atom. The van der Waals surface area contributed by atoms with Crippen molar-refractivity contribution in [1.82, 2.24) is 10.2 Å². The summed E-state index contributed by atoms with van der Waals surface area (Å²) < 4.78 is 22.9. The van der Waals surface area contributed by atoms with Gasteiger partial charge in [0, 0.05) is 23.5 Å². The van der Waals surface area contributed by atoms with E-state index in [0.717, 1.165) is 16.9 Å². The van der Waals surface area contributed by atoms with Gasteiger partial charge in [0.25, 0.3) is 0 Å². The van der Waals surface area contributed by atoms with E-state index in [1.54, 1.807) is 19.2 Å². The van der Waals surface area contributed by atoms with Crippen molar-refractivity contribution in [3.8, 4) is 0 Å². The maximum absolute atomic E-state index is 11.4. The number of aromatic nitrogens is 2. The predicted molar refractivity (Wildman–Crippen MR) is 73.2 cm³/mol. The average Bonchev–Trinajstić information content (AvgIpc) is 2.72. The van der Waals surface area contributed by atoms with Crippen LogP contribution in [-0.2, 0) is 16.6 Å². The van der Waals surface area contributed by atoms with Crippen LogP contribution < -0.4 is 10.5 Å². The lowest BCUT2D eigenvalue weighted by Crippen LogP contribution is -2.14. The van der Waals surface area contributed by atoms with Crippen molar-refractivity contribution in [2.75, 3.05) is 5.32 Å². The molecule has 0 saturated heterocycles. The number of nitrogens with one attached hydrogen (secondary N) is 2. The summed E-state index contributed by atoms with van der Waals surface area (Å²) in [7, 11) is -3.69. The first-order valence-corrected chi connectivity index (χ1v) is 7.29. The highest BCUT2D eigenvalue weighted by Crippen LogP contribution is 2.22. The van der Waals surface area contributed by atoms with Gasteiger partial charge in [0.15, 0.2) is 0 Å². The van der Waals surface area contributed by atoms with Gasteiger partial charge in [-0.05, 0) is 31.5 Å². The summed E-state index contributed by atoms with van der Waals surface area (Å²) in [6.45, 7) is 4.22. The van der Waals surface area contributed by atoms with E-state index in [2.05, 4.69) is 15.5 Å². The molecule has 102 valence electrons. The van der Waals surface area contributed by atoms with Crippen molar-refractivity contribution >= 4 is 15.7 Å². The van der Waals surface area contributed by atoms with Crippen LogP contribution in [0.1, 0.15) is 16.8 Å². The number of primary sulfonamides is 1. The highest BCUT2D eigenvalue weighted by molar-refractivity contribution is 7.89. The normalized spacial score (nSPS) is 11.5. The van der Waals surface area contributed by atoms with Gasteiger partial charge in [-0.2, -0.15) is 5.10 Å². The molecule has 1 aromatic carbocycles. The fourth-order valence-corrected chi connectivity index (χ4v) is 2.66. The molecule has 0 aliphatic rings. The molecule has 0 aliphatic carbocycles. The van der Waals surface area contributed by atoms with Gasteiger partial charge in [-0.25, -0.2) is 13.6 Å². The van der Waals surface area contributed by atoms with Crippen LogP contribution in [0.3, 0.4) is 0 Å². The second kappa shape index (κ2) is 5.02. The van der Waals surface area contributed by atoms with Gasteiger partial charge in [0.2, 0.25) is 10.0 Å². The Morgan fingerprint density at radius 2 is 2.11 bits per heavy atom. The summed E-state index contributed by atoms with van der Waals surface area (Å²) in [4.78, 5) is 0.140. The number of H-pyrrole nitrogens is 1. The first-order chi connectivity index (χ1) is 8.89. The molecule has 0 amide bonds. The van der Waals surface area contributed by atoms with Crippen molar-refractivity contribution in [1.29, 1.82) is 0 Å². The number of hydrogen-bond donors (Lipinski definition) is 3. The third-order valence-corrected chi connectivity index (χ3v) is 4.05. The molecule has 0 aliphatic heterocycles. The van der Waals surface area contributed by atoms with Crippen LogP contribution in [-0.4, -0.2) is 18.6 Å². The second-order valence-electron chi connectivity index (χ2n) is 4.35. The van der Waals surface area contributed by atoms with Gasteiger partial charge in [0.05, 0.1) is 11.1 Å². The number of sulfonamides is 1. The molecule has 0 unspecified atom stereocenters. The van der Waals surface area contributed by atoms with Gasteiger partial charge < -0.3 is 5.32 Å². The van der Waals surface area contributed by atoms with E-state index >= 15 is 0 Å². The number of aryl methyl sites for hydroxylation is 1. The Balaban J connectivity index is 2.25. The van der Waals surface area contributed by atoms with Crippen molar-refractivity contribution in [3.05, 3.63) is 41.2 Å². The summed E-state index contributed by atoms with van der Waals surface area (Å²) in [6.07, 6.45) is 1.74. The van der Waals surface area contributed by atoms with Crippen LogP contribution >= 0.6 is 0 Å². The molecule has 4 N–H and O–H groups in total. The number of nitrogens with two attached hydrogens (primary N) is 1. The van der Waals surface area contributed by atoms with Crippen LogP contribution in [0.4, 0.5) is 5.69 Å². The molecule has 0 saturated carbocycles. The van der Waals surface area contributed by atoms with E-state index in [-0.39, 0.29) is 4.90 Å². The molecule has 0 fully saturated rings. The van der Waals surface area contributed by atoms with E-state index in [4.69, 9.17) is 5.14 Å². The summed E-state index contributed by atoms with van der Waals surface area (Å²) in [6, 6.07) is 4.98. The van der Waals surface area contributed by atoms with Gasteiger partial charge in [-0.15, -0.1) is 0 Å². The zero-order valence-electron chi connectivity index (χ0n) is 10.8. The number of aromatic amines is 1. The van der Waals surface area contributed by atoms with Gasteiger partial charge >= 0.3 is 0 Å². The first-order valence-electron chi connectivity index (χ1n) is 5.74. The number of hydrogen-bond acceptors (Lipinski definition) is 4. The van der Waals surface area contributed by atoms with Gasteiger partial charge in [-0.1, -0.05) is 6.07 Å². The molecule has 6 nitrogen and oxygen atoms in total. The minimum atomic E-state index is -3.69. The smallest absolute Gasteiger partial charge is 0.238 e. The van der Waals surface area contributed by atoms with Crippen LogP contribution in [0.5, 0.6) is 0 Å². The van der Waals surface area contributed by atoms with E-state index in [1.807, 2.05) is 13.0 Å². The third-order valence-electron chi connectivity index (χ3n) is 2.99. The topological polar surface area (TPSA) is 101 Å². The highest BCUT2D eigenvalue weighted by Gasteiger charge is 2.13. The molecule has 1 aromatic heterocycles. The monoisotopic (exact) mass is 280 g/mol. The lowest BCUT2D eigenvalue weighted by Gasteiger charge is -2.11. The predicted octanol–water partition coefficient (Wildman–Crippen LogP) is 1.29. The summed E-state index contributed by atoms with van der Waals surface area (Å²) >= 11 is 0. The average molecular weight is 280 g/mol. The molecule has 7 heteroatoms. The Morgan fingerprint density at radius 3 is 2.68 bits per heavy atom. The van der Waals surface area contributed by atoms with Gasteiger partial charge in [-0.3, -0.25) is 5.10 Å². The Kier molecular flexibility index (Phi) is 3.59. The Hall–Kier alpha value is -1.86. The van der Waals surface area contributed by atoms with Crippen LogP contribution in [0.2, 0.25) is 0 Å². The van der Waals surface area contributed by atoms with Crippen molar-refractivity contribution in [3.63, 3.8) is 0 Å². The number of benzene rings is 1. The van der Waals surface area contributed by atoms with E-state index in [0.29, 0.717) is 12.1 Å². The lowest BCUT2D eigenvalue weighted by molar-refractivity contribution is 0.597. The summed E-state index contributed by atoms with van der Waals surface area (Å²) in [5.41, 5.74) is 3.37. The lowest BCUT2D eigenvalue weighted by atomic mass is 10.2. The number of nitrogens with zero attached hydrogens (tertiary/aromatic N) is 1. The highest BCUT2D eigenvalue weighted by atomic mass is 32.2. The van der Waals surface area contributed by atoms with E-state index in [1.165, 1.54) is 6.07 Å². The molecule has 2 aromatic rings. The molecule has 0 bridgehead atoms. The van der Waals surface area contributed by atoms with Gasteiger partial charge in [0.1, 0.15) is 0 Å². The largest absolute Gasteiger partial charge is 0.381 e. The van der Waals surface area contributed by atoms with Crippen LogP contribution in [0, 0.1) is 13.8 Å². The molecular weight excluding hydrogens is 264 g/mol. The van der Waals surface area contributed by atoms with E-state index < -0.39 is 10.0 Å². The molecule has 0 spiro atoms. The van der Waals surface area contributed by atoms with Crippen LogP contribution in [0.25, 0.3) is 0 Å². The minimum absolute atomic E-state index is 0.140. The summed E-state index contributed by atoms with van der Waals surface area (Å²) in [5, 5.41) is 15.1. The second-order valence-corrected chi connectivity index (χ2v) is 5.88. The maximum Gasteiger partial charge on any atom is 0.238 e. The van der Waals surface area contributed by atoms with Crippen molar-refractivity contribution in [2.45, 2.75) is 25.3 Å². The number of rotatable bonds is 4. The third kappa shape index (κ3) is 2.94. The first kappa shape index (κ1) is 13.6. The SMILES string of the molecule is Cc1[nH]ncc1CNc1cccc(S(N)(=O)=O)c1C. The van der Waals surface area contributed by atoms with Crippen molar-refractivity contribution < 1.29 is 8.42 Å². The maximum atomic E-state index is 11.4. The molecule has 19 heavy (non-hydrogen) atoms.